The zero-order valence-electron chi connectivity index (χ0n) is 2.82. The van der Waals surface area contributed by atoms with Crippen LogP contribution in [-0.4, -0.2) is 11.0 Å². The number of halogens is 1. The van der Waals surface area contributed by atoms with Gasteiger partial charge in [0.25, 0.3) is 0 Å². The van der Waals surface area contributed by atoms with Gasteiger partial charge in [-0.1, -0.05) is 0 Å². The molecule has 0 aromatic heterocycles. The summed E-state index contributed by atoms with van der Waals surface area (Å²) in [6, 6.07) is 0. The van der Waals surface area contributed by atoms with E-state index in [1.807, 2.05) is 0 Å². The second-order valence-electron chi connectivity index (χ2n) is 0.660. The lowest BCUT2D eigenvalue weighted by molar-refractivity contribution is 0.382. The molecule has 0 aromatic carbocycles. The topological polar surface area (TPSA) is 20.2 Å². The Balaban J connectivity index is 2.19. The predicted octanol–water partition coefficient (Wildman–Crippen LogP) is 1.15. The Morgan fingerprint density at radius 3 is 2.40 bits per heavy atom. The fourth-order valence-electron chi connectivity index (χ4n) is 0.0488. The van der Waals surface area contributed by atoms with E-state index in [-0.39, 0.29) is 0 Å². The standard InChI is InChI=1S/C3H6ClO/c4-2-1-3-5/h3,5H,1-2H2. The highest BCUT2D eigenvalue weighted by Gasteiger charge is 1.72. The predicted molar refractivity (Wildman–Crippen MR) is 21.6 cm³/mol. The lowest BCUT2D eigenvalue weighted by Crippen LogP contribution is -1.70. The highest BCUT2D eigenvalue weighted by Crippen LogP contribution is 1.82. The maximum absolute atomic E-state index is 7.86. The number of alkyl halides is 1. The minimum atomic E-state index is 0.510. The first-order valence-electron chi connectivity index (χ1n) is 1.43. The van der Waals surface area contributed by atoms with Crippen LogP contribution in [0.2, 0.25) is 0 Å². The molecule has 0 spiro atoms. The van der Waals surface area contributed by atoms with Crippen molar-refractivity contribution < 1.29 is 5.11 Å². The molecule has 0 unspecified atom stereocenters. The van der Waals surface area contributed by atoms with E-state index in [0.717, 1.165) is 6.61 Å². The van der Waals surface area contributed by atoms with Crippen LogP contribution < -0.4 is 0 Å². The Hall–Kier alpha value is 0.250. The summed E-state index contributed by atoms with van der Waals surface area (Å²) < 4.78 is 0. The second-order valence-corrected chi connectivity index (χ2v) is 1.04. The van der Waals surface area contributed by atoms with Crippen molar-refractivity contribution in [2.45, 2.75) is 6.42 Å². The molecule has 0 aliphatic rings. The molecule has 0 amide bonds. The Kier molecular flexibility index (Phi) is 4.46. The molecule has 0 heterocycles. The molecule has 1 nitrogen and oxygen atoms in total. The van der Waals surface area contributed by atoms with Gasteiger partial charge in [0.15, 0.2) is 0 Å². The van der Waals surface area contributed by atoms with Crippen molar-refractivity contribution in [2.75, 3.05) is 5.88 Å². The minimum Gasteiger partial charge on any atom is -0.390 e. The molecule has 0 aliphatic heterocycles. The number of aliphatic hydroxyl groups is 1. The van der Waals surface area contributed by atoms with Gasteiger partial charge in [-0.2, -0.15) is 0 Å². The zero-order chi connectivity index (χ0) is 4.12. The van der Waals surface area contributed by atoms with Gasteiger partial charge in [0.05, 0.1) is 6.61 Å². The largest absolute Gasteiger partial charge is 0.390 e. The maximum Gasteiger partial charge on any atom is 0.0810 e. The summed E-state index contributed by atoms with van der Waals surface area (Å²) >= 11 is 5.11. The van der Waals surface area contributed by atoms with Crippen LogP contribution in [-0.2, 0) is 0 Å². The molecule has 0 fully saturated rings. The average molecular weight is 93.5 g/mol. The van der Waals surface area contributed by atoms with E-state index in [0.29, 0.717) is 12.3 Å². The SMILES string of the molecule is O[CH]CCCl. The minimum absolute atomic E-state index is 0.510. The number of hydrogen-bond acceptors (Lipinski definition) is 1. The van der Waals surface area contributed by atoms with Crippen LogP contribution in [0, 0.1) is 6.61 Å². The van der Waals surface area contributed by atoms with Crippen LogP contribution in [0.15, 0.2) is 0 Å². The Bertz CT molecular complexity index is 14.4. The first-order valence-corrected chi connectivity index (χ1v) is 1.97. The molecule has 5 heavy (non-hydrogen) atoms. The molecule has 0 saturated heterocycles. The molecule has 0 rings (SSSR count). The monoisotopic (exact) mass is 93.0 g/mol. The number of aliphatic hydroxyl groups excluding tert-OH is 1. The summed E-state index contributed by atoms with van der Waals surface area (Å²) in [6.07, 6.45) is 0.585. The summed E-state index contributed by atoms with van der Waals surface area (Å²) in [5, 5.41) is 7.86. The normalized spacial score (nSPS) is 8.40. The molecule has 0 aliphatic carbocycles. The van der Waals surface area contributed by atoms with Crippen LogP contribution >= 0.6 is 11.6 Å². The van der Waals surface area contributed by atoms with E-state index in [9.17, 15) is 0 Å². The third kappa shape index (κ3) is 4.25. The smallest absolute Gasteiger partial charge is 0.0810 e. The van der Waals surface area contributed by atoms with E-state index in [1.54, 1.807) is 0 Å². The van der Waals surface area contributed by atoms with E-state index >= 15 is 0 Å². The fourth-order valence-corrected chi connectivity index (χ4v) is 0.146. The van der Waals surface area contributed by atoms with Gasteiger partial charge in [-0.3, -0.25) is 0 Å². The summed E-state index contributed by atoms with van der Waals surface area (Å²) in [7, 11) is 0. The Labute approximate surface area is 36.6 Å². The Morgan fingerprint density at radius 1 is 1.80 bits per heavy atom. The van der Waals surface area contributed by atoms with Gasteiger partial charge in [-0.25, -0.2) is 0 Å². The van der Waals surface area contributed by atoms with Gasteiger partial charge in [0.1, 0.15) is 0 Å². The number of rotatable bonds is 2. The molecule has 1 N–H and O–H groups in total. The van der Waals surface area contributed by atoms with Gasteiger partial charge in [0, 0.05) is 5.88 Å². The van der Waals surface area contributed by atoms with Crippen LogP contribution in [0.4, 0.5) is 0 Å². The van der Waals surface area contributed by atoms with E-state index in [1.165, 1.54) is 0 Å². The van der Waals surface area contributed by atoms with Crippen LogP contribution in [0.1, 0.15) is 6.42 Å². The van der Waals surface area contributed by atoms with Gasteiger partial charge in [-0.15, -0.1) is 11.6 Å². The highest BCUT2D eigenvalue weighted by molar-refractivity contribution is 6.17. The van der Waals surface area contributed by atoms with E-state index in [2.05, 4.69) is 0 Å². The molecular weight excluding hydrogens is 87.5 g/mol. The van der Waals surface area contributed by atoms with Gasteiger partial charge in [-0.05, 0) is 6.42 Å². The Morgan fingerprint density at radius 2 is 2.40 bits per heavy atom. The molecule has 1 radical (unpaired) electrons. The van der Waals surface area contributed by atoms with Crippen molar-refractivity contribution in [1.29, 1.82) is 0 Å². The maximum atomic E-state index is 7.86. The number of hydrogen-bond donors (Lipinski definition) is 1. The molecule has 0 bridgehead atoms. The average Bonchev–Trinajstić information content (AvgIpc) is 1.41. The quantitative estimate of drug-likeness (QED) is 0.508. The first-order chi connectivity index (χ1) is 2.41. The fraction of sp³-hybridized carbons (Fsp3) is 0.667. The van der Waals surface area contributed by atoms with Crippen molar-refractivity contribution in [3.05, 3.63) is 6.61 Å². The van der Waals surface area contributed by atoms with Gasteiger partial charge in [0.2, 0.25) is 0 Å². The lowest BCUT2D eigenvalue weighted by atomic mass is 10.5. The van der Waals surface area contributed by atoms with Crippen LogP contribution in [0.5, 0.6) is 0 Å². The molecular formula is C3H6ClO. The second kappa shape index (κ2) is 4.25. The zero-order valence-corrected chi connectivity index (χ0v) is 3.57. The van der Waals surface area contributed by atoms with E-state index < -0.39 is 0 Å². The molecule has 31 valence electrons. The highest BCUT2D eigenvalue weighted by atomic mass is 35.5. The van der Waals surface area contributed by atoms with Crippen molar-refractivity contribution >= 4 is 11.6 Å². The van der Waals surface area contributed by atoms with Gasteiger partial charge >= 0.3 is 0 Å². The molecule has 0 atom stereocenters. The lowest BCUT2D eigenvalue weighted by Gasteiger charge is -1.76. The summed E-state index contributed by atoms with van der Waals surface area (Å²) in [4.78, 5) is 0. The van der Waals surface area contributed by atoms with Crippen molar-refractivity contribution in [1.82, 2.24) is 0 Å². The third-order valence-electron chi connectivity index (χ3n) is 0.238. The van der Waals surface area contributed by atoms with Crippen molar-refractivity contribution in [3.63, 3.8) is 0 Å². The summed E-state index contributed by atoms with van der Waals surface area (Å²) in [5.41, 5.74) is 0. The first kappa shape index (κ1) is 5.25. The summed E-state index contributed by atoms with van der Waals surface area (Å²) in [6.45, 7) is 1.05. The van der Waals surface area contributed by atoms with E-state index in [4.69, 9.17) is 16.7 Å². The van der Waals surface area contributed by atoms with Crippen molar-refractivity contribution in [3.8, 4) is 0 Å². The van der Waals surface area contributed by atoms with Crippen LogP contribution in [0.25, 0.3) is 0 Å². The third-order valence-corrected chi connectivity index (χ3v) is 0.456. The molecule has 0 aromatic rings. The molecule has 2 heteroatoms. The van der Waals surface area contributed by atoms with Crippen molar-refractivity contribution in [2.24, 2.45) is 0 Å². The van der Waals surface area contributed by atoms with Crippen LogP contribution in [0.3, 0.4) is 0 Å². The summed E-state index contributed by atoms with van der Waals surface area (Å²) in [5.74, 6) is 0.510. The van der Waals surface area contributed by atoms with Gasteiger partial charge < -0.3 is 5.11 Å². The molecule has 0 saturated carbocycles.